The van der Waals surface area contributed by atoms with Gasteiger partial charge in [-0.25, -0.2) is 4.98 Å². The molecule has 2 aromatic rings. The molecule has 0 aliphatic rings. The Morgan fingerprint density at radius 2 is 2.19 bits per heavy atom. The van der Waals surface area contributed by atoms with Crippen molar-refractivity contribution in [2.75, 3.05) is 6.54 Å². The molecule has 1 amide bonds. The van der Waals surface area contributed by atoms with Crippen LogP contribution in [0.5, 0.6) is 0 Å². The number of carbonyl (C=O) groups excluding carboxylic acids is 1. The molecule has 0 atom stereocenters. The molecule has 9 heteroatoms. The van der Waals surface area contributed by atoms with Gasteiger partial charge in [-0.1, -0.05) is 11.6 Å². The lowest BCUT2D eigenvalue weighted by Gasteiger charge is -2.03. The Balaban J connectivity index is 0.00000200. The number of nitrogens with one attached hydrogen (secondary N) is 1. The molecule has 0 radical (unpaired) electrons. The maximum absolute atomic E-state index is 11.8. The summed E-state index contributed by atoms with van der Waals surface area (Å²) in [6.07, 6.45) is 3.42. The standard InChI is InChI=1S/C12H13ClN4O2.2ClH/c13-8-2-1-5-15-9(8)6-16-12(18)10-7-19-11(17-10)3-4-14;;/h1-2,5,7H,3-4,6,14H2,(H,16,18);2*1H. The van der Waals surface area contributed by atoms with E-state index in [4.69, 9.17) is 21.8 Å². The molecular formula is C12H15Cl3N4O2. The average molecular weight is 354 g/mol. The topological polar surface area (TPSA) is 94.0 Å². The van der Waals surface area contributed by atoms with Crippen LogP contribution in [0.25, 0.3) is 0 Å². The second kappa shape index (κ2) is 9.57. The second-order valence-electron chi connectivity index (χ2n) is 3.78. The third-order valence-electron chi connectivity index (χ3n) is 2.39. The maximum atomic E-state index is 11.8. The van der Waals surface area contributed by atoms with E-state index in [9.17, 15) is 4.79 Å². The van der Waals surface area contributed by atoms with Gasteiger partial charge in [0.2, 0.25) is 0 Å². The minimum atomic E-state index is -0.339. The molecule has 0 unspecified atom stereocenters. The summed E-state index contributed by atoms with van der Waals surface area (Å²) in [7, 11) is 0. The molecule has 0 saturated carbocycles. The minimum absolute atomic E-state index is 0. The normalized spacial score (nSPS) is 9.43. The van der Waals surface area contributed by atoms with Gasteiger partial charge in [0.25, 0.3) is 5.91 Å². The fourth-order valence-corrected chi connectivity index (χ4v) is 1.64. The van der Waals surface area contributed by atoms with Crippen LogP contribution in [0.1, 0.15) is 22.1 Å². The summed E-state index contributed by atoms with van der Waals surface area (Å²) in [5.41, 5.74) is 6.19. The molecule has 2 rings (SSSR count). The number of nitrogens with zero attached hydrogens (tertiary/aromatic N) is 2. The van der Waals surface area contributed by atoms with Gasteiger partial charge in [-0.15, -0.1) is 24.8 Å². The van der Waals surface area contributed by atoms with Crippen molar-refractivity contribution in [3.8, 4) is 0 Å². The highest BCUT2D eigenvalue weighted by Crippen LogP contribution is 2.11. The number of hydrogen-bond donors (Lipinski definition) is 2. The number of rotatable bonds is 5. The van der Waals surface area contributed by atoms with Crippen molar-refractivity contribution >= 4 is 42.3 Å². The highest BCUT2D eigenvalue weighted by atomic mass is 35.5. The highest BCUT2D eigenvalue weighted by molar-refractivity contribution is 6.31. The molecular weight excluding hydrogens is 339 g/mol. The second-order valence-corrected chi connectivity index (χ2v) is 4.19. The first kappa shape index (κ1) is 19.7. The first-order valence-corrected chi connectivity index (χ1v) is 6.10. The molecule has 0 aliphatic heterocycles. The van der Waals surface area contributed by atoms with Gasteiger partial charge >= 0.3 is 0 Å². The van der Waals surface area contributed by atoms with E-state index in [1.807, 2.05) is 0 Å². The number of oxazole rings is 1. The molecule has 116 valence electrons. The van der Waals surface area contributed by atoms with E-state index in [-0.39, 0.29) is 43.0 Å². The van der Waals surface area contributed by atoms with Crippen LogP contribution in [-0.4, -0.2) is 22.4 Å². The summed E-state index contributed by atoms with van der Waals surface area (Å²) in [4.78, 5) is 19.9. The van der Waals surface area contributed by atoms with Crippen LogP contribution in [0.4, 0.5) is 0 Å². The van der Waals surface area contributed by atoms with Gasteiger partial charge in [0.1, 0.15) is 6.26 Å². The summed E-state index contributed by atoms with van der Waals surface area (Å²) >= 11 is 5.94. The maximum Gasteiger partial charge on any atom is 0.273 e. The van der Waals surface area contributed by atoms with Crippen LogP contribution in [0.15, 0.2) is 29.0 Å². The van der Waals surface area contributed by atoms with Crippen molar-refractivity contribution in [1.82, 2.24) is 15.3 Å². The van der Waals surface area contributed by atoms with E-state index >= 15 is 0 Å². The van der Waals surface area contributed by atoms with Gasteiger partial charge in [-0.2, -0.15) is 0 Å². The molecule has 0 aliphatic carbocycles. The van der Waals surface area contributed by atoms with Crippen LogP contribution in [-0.2, 0) is 13.0 Å². The van der Waals surface area contributed by atoms with Crippen LogP contribution in [0, 0.1) is 0 Å². The number of aromatic nitrogens is 2. The Bertz CT molecular complexity index is 577. The van der Waals surface area contributed by atoms with Crippen LogP contribution < -0.4 is 11.1 Å². The van der Waals surface area contributed by atoms with Gasteiger partial charge in [0.15, 0.2) is 11.6 Å². The number of carbonyl (C=O) groups is 1. The molecule has 3 N–H and O–H groups in total. The van der Waals surface area contributed by atoms with Gasteiger partial charge in [-0.3, -0.25) is 9.78 Å². The zero-order valence-corrected chi connectivity index (χ0v) is 13.3. The van der Waals surface area contributed by atoms with Gasteiger partial charge in [0, 0.05) is 19.2 Å². The van der Waals surface area contributed by atoms with Crippen LogP contribution in [0.2, 0.25) is 5.02 Å². The summed E-state index contributed by atoms with van der Waals surface area (Å²) in [5.74, 6) is 0.109. The molecule has 2 heterocycles. The minimum Gasteiger partial charge on any atom is -0.448 e. The predicted molar refractivity (Wildman–Crippen MR) is 84.2 cm³/mol. The lowest BCUT2D eigenvalue weighted by Crippen LogP contribution is -2.23. The Morgan fingerprint density at radius 3 is 2.86 bits per heavy atom. The Labute approximate surface area is 139 Å². The highest BCUT2D eigenvalue weighted by Gasteiger charge is 2.12. The molecule has 0 aromatic carbocycles. The number of halogens is 3. The Hall–Kier alpha value is -1.34. The van der Waals surface area contributed by atoms with E-state index in [1.54, 1.807) is 18.3 Å². The van der Waals surface area contributed by atoms with E-state index in [1.165, 1.54) is 6.26 Å². The summed E-state index contributed by atoms with van der Waals surface area (Å²) in [5, 5.41) is 3.18. The number of hydrogen-bond acceptors (Lipinski definition) is 5. The first-order chi connectivity index (χ1) is 9.20. The summed E-state index contributed by atoms with van der Waals surface area (Å²) < 4.78 is 5.11. The molecule has 0 spiro atoms. The van der Waals surface area contributed by atoms with Gasteiger partial charge < -0.3 is 15.5 Å². The SMILES string of the molecule is Cl.Cl.NCCc1nc(C(=O)NCc2ncccc2Cl)co1. The number of amides is 1. The third-order valence-corrected chi connectivity index (χ3v) is 2.74. The number of nitrogens with two attached hydrogens (primary N) is 1. The lowest BCUT2D eigenvalue weighted by atomic mass is 10.3. The zero-order chi connectivity index (χ0) is 13.7. The van der Waals surface area contributed by atoms with E-state index in [0.717, 1.165) is 0 Å². The molecule has 0 saturated heterocycles. The molecule has 0 bridgehead atoms. The monoisotopic (exact) mass is 352 g/mol. The Morgan fingerprint density at radius 1 is 1.43 bits per heavy atom. The summed E-state index contributed by atoms with van der Waals surface area (Å²) in [6, 6.07) is 3.44. The van der Waals surface area contributed by atoms with Crippen molar-refractivity contribution in [3.05, 3.63) is 46.9 Å². The van der Waals surface area contributed by atoms with Crippen molar-refractivity contribution in [1.29, 1.82) is 0 Å². The van der Waals surface area contributed by atoms with E-state index in [2.05, 4.69) is 15.3 Å². The quantitative estimate of drug-likeness (QED) is 0.857. The van der Waals surface area contributed by atoms with Crippen LogP contribution in [0.3, 0.4) is 0 Å². The van der Waals surface area contributed by atoms with E-state index < -0.39 is 0 Å². The fourth-order valence-electron chi connectivity index (χ4n) is 1.46. The zero-order valence-electron chi connectivity index (χ0n) is 10.9. The molecule has 0 fully saturated rings. The van der Waals surface area contributed by atoms with Crippen molar-refractivity contribution in [3.63, 3.8) is 0 Å². The van der Waals surface area contributed by atoms with Crippen LogP contribution >= 0.6 is 36.4 Å². The van der Waals surface area contributed by atoms with E-state index in [0.29, 0.717) is 29.6 Å². The smallest absolute Gasteiger partial charge is 0.273 e. The summed E-state index contributed by atoms with van der Waals surface area (Å²) in [6.45, 7) is 0.655. The van der Waals surface area contributed by atoms with Crippen molar-refractivity contribution in [2.45, 2.75) is 13.0 Å². The fraction of sp³-hybridized carbons (Fsp3) is 0.250. The lowest BCUT2D eigenvalue weighted by molar-refractivity contribution is 0.0945. The van der Waals surface area contributed by atoms with Crippen molar-refractivity contribution in [2.24, 2.45) is 5.73 Å². The molecule has 2 aromatic heterocycles. The third kappa shape index (κ3) is 5.51. The molecule has 21 heavy (non-hydrogen) atoms. The molecule has 6 nitrogen and oxygen atoms in total. The number of pyridine rings is 1. The average Bonchev–Trinajstić information content (AvgIpc) is 2.87. The first-order valence-electron chi connectivity index (χ1n) is 5.72. The predicted octanol–water partition coefficient (Wildman–Crippen LogP) is 2.00. The van der Waals surface area contributed by atoms with Gasteiger partial charge in [0.05, 0.1) is 17.3 Å². The largest absolute Gasteiger partial charge is 0.448 e. The van der Waals surface area contributed by atoms with Gasteiger partial charge in [-0.05, 0) is 12.1 Å². The van der Waals surface area contributed by atoms with Crippen molar-refractivity contribution < 1.29 is 9.21 Å². The Kier molecular flexibility index (Phi) is 8.96.